The third-order valence-corrected chi connectivity index (χ3v) is 6.44. The van der Waals surface area contributed by atoms with Crippen molar-refractivity contribution in [2.75, 3.05) is 7.11 Å². The van der Waals surface area contributed by atoms with Gasteiger partial charge in [0.2, 0.25) is 11.8 Å². The molecule has 1 heterocycles. The summed E-state index contributed by atoms with van der Waals surface area (Å²) < 4.78 is 4.85. The number of hydrogen-bond donors (Lipinski definition) is 5. The van der Waals surface area contributed by atoms with Crippen molar-refractivity contribution in [1.29, 1.82) is 0 Å². The summed E-state index contributed by atoms with van der Waals surface area (Å²) in [6, 6.07) is -2.24. The molecule has 0 fully saturated rings. The number of imidazole rings is 1. The molecule has 200 valence electrons. The van der Waals surface area contributed by atoms with E-state index in [2.05, 4.69) is 20.6 Å². The lowest BCUT2D eigenvalue weighted by Gasteiger charge is -2.30. The van der Waals surface area contributed by atoms with E-state index in [1.54, 1.807) is 6.20 Å². The van der Waals surface area contributed by atoms with Gasteiger partial charge in [-0.05, 0) is 30.6 Å². The van der Waals surface area contributed by atoms with Gasteiger partial charge in [-0.1, -0.05) is 48.0 Å². The summed E-state index contributed by atoms with van der Waals surface area (Å²) in [6.07, 6.45) is 3.93. The van der Waals surface area contributed by atoms with Crippen molar-refractivity contribution >= 4 is 17.8 Å². The van der Waals surface area contributed by atoms with Crippen molar-refractivity contribution in [3.63, 3.8) is 0 Å². The first-order chi connectivity index (χ1) is 16.4. The molecule has 2 amide bonds. The maximum atomic E-state index is 13.3. The lowest BCUT2D eigenvalue weighted by Crippen LogP contribution is -2.56. The summed E-state index contributed by atoms with van der Waals surface area (Å²) in [5.74, 6) is -1.85. The van der Waals surface area contributed by atoms with Crippen LogP contribution < -0.4 is 16.4 Å². The van der Waals surface area contributed by atoms with Gasteiger partial charge in [0.05, 0.1) is 25.2 Å². The van der Waals surface area contributed by atoms with E-state index < -0.39 is 42.0 Å². The quantitative estimate of drug-likeness (QED) is 0.231. The number of H-pyrrole nitrogens is 1. The van der Waals surface area contributed by atoms with Gasteiger partial charge in [0.1, 0.15) is 12.1 Å². The first-order valence-electron chi connectivity index (χ1n) is 12.5. The van der Waals surface area contributed by atoms with Gasteiger partial charge in [-0.3, -0.25) is 9.59 Å². The Morgan fingerprint density at radius 1 is 1.11 bits per heavy atom. The number of aliphatic hydroxyl groups is 1. The van der Waals surface area contributed by atoms with Crippen molar-refractivity contribution in [3.8, 4) is 0 Å². The summed E-state index contributed by atoms with van der Waals surface area (Å²) in [6.45, 7) is 11.7. The zero-order valence-corrected chi connectivity index (χ0v) is 22.2. The van der Waals surface area contributed by atoms with Gasteiger partial charge < -0.3 is 31.2 Å². The van der Waals surface area contributed by atoms with Crippen molar-refractivity contribution in [2.45, 2.75) is 91.5 Å². The molecule has 0 aliphatic carbocycles. The first-order valence-corrected chi connectivity index (χ1v) is 12.5. The van der Waals surface area contributed by atoms with Gasteiger partial charge in [0.25, 0.3) is 0 Å². The van der Waals surface area contributed by atoms with Crippen molar-refractivity contribution < 1.29 is 24.2 Å². The van der Waals surface area contributed by atoms with E-state index in [0.717, 1.165) is 0 Å². The van der Waals surface area contributed by atoms with Gasteiger partial charge in [0.15, 0.2) is 0 Å². The summed E-state index contributed by atoms with van der Waals surface area (Å²) in [5, 5.41) is 16.2. The van der Waals surface area contributed by atoms with Crippen LogP contribution >= 0.6 is 0 Å². The molecule has 6 atom stereocenters. The zero-order chi connectivity index (χ0) is 26.7. The number of carbonyl (C=O) groups excluding carboxylic acids is 3. The second kappa shape index (κ2) is 14.8. The van der Waals surface area contributed by atoms with E-state index in [-0.39, 0.29) is 30.6 Å². The molecule has 0 radical (unpaired) electrons. The summed E-state index contributed by atoms with van der Waals surface area (Å²) >= 11 is 0. The second-order valence-electron chi connectivity index (χ2n) is 10.2. The molecule has 1 rings (SSSR count). The molecule has 35 heavy (non-hydrogen) atoms. The molecule has 0 aromatic carbocycles. The van der Waals surface area contributed by atoms with E-state index in [1.165, 1.54) is 13.4 Å². The fourth-order valence-electron chi connectivity index (χ4n) is 3.99. The zero-order valence-electron chi connectivity index (χ0n) is 22.2. The van der Waals surface area contributed by atoms with Crippen LogP contribution in [0.5, 0.6) is 0 Å². The number of aliphatic hydroxyl groups excluding tert-OH is 1. The maximum absolute atomic E-state index is 13.3. The molecule has 4 unspecified atom stereocenters. The average molecular weight is 496 g/mol. The molecule has 1 aromatic heterocycles. The van der Waals surface area contributed by atoms with Gasteiger partial charge in [-0.25, -0.2) is 9.78 Å². The largest absolute Gasteiger partial charge is 0.467 e. The molecule has 0 saturated heterocycles. The van der Waals surface area contributed by atoms with E-state index >= 15 is 0 Å². The number of amides is 2. The number of nitrogens with two attached hydrogens (primary N) is 1. The molecule has 0 spiro atoms. The molecule has 1 aromatic rings. The lowest BCUT2D eigenvalue weighted by molar-refractivity contribution is -0.145. The van der Waals surface area contributed by atoms with Crippen LogP contribution in [0.3, 0.4) is 0 Å². The van der Waals surface area contributed by atoms with E-state index in [1.807, 2.05) is 41.5 Å². The Kier molecular flexibility index (Phi) is 13.0. The number of aromatic nitrogens is 2. The smallest absolute Gasteiger partial charge is 0.328 e. The number of hydrogen-bond acceptors (Lipinski definition) is 7. The van der Waals surface area contributed by atoms with Crippen LogP contribution in [0.25, 0.3) is 0 Å². The highest BCUT2D eigenvalue weighted by Gasteiger charge is 2.34. The predicted octanol–water partition coefficient (Wildman–Crippen LogP) is 1.54. The van der Waals surface area contributed by atoms with Crippen LogP contribution in [-0.4, -0.2) is 64.2 Å². The highest BCUT2D eigenvalue weighted by atomic mass is 16.5. The number of carbonyl (C=O) groups is 3. The fraction of sp³-hybridized carbons (Fsp3) is 0.760. The minimum Gasteiger partial charge on any atom is -0.467 e. The number of ether oxygens (including phenoxy) is 1. The van der Waals surface area contributed by atoms with E-state index in [0.29, 0.717) is 24.5 Å². The Morgan fingerprint density at radius 2 is 1.77 bits per heavy atom. The molecule has 0 aliphatic heterocycles. The number of nitrogens with zero attached hydrogens (tertiary/aromatic N) is 1. The number of rotatable bonds is 15. The summed E-state index contributed by atoms with van der Waals surface area (Å²) in [4.78, 5) is 45.8. The van der Waals surface area contributed by atoms with Crippen LogP contribution in [0, 0.1) is 23.7 Å². The normalized spacial score (nSPS) is 16.8. The minimum absolute atomic E-state index is 0.0703. The lowest BCUT2D eigenvalue weighted by atomic mass is 9.85. The Hall–Kier alpha value is -2.46. The monoisotopic (exact) mass is 495 g/mol. The van der Waals surface area contributed by atoms with Gasteiger partial charge in [-0.2, -0.15) is 0 Å². The Morgan fingerprint density at radius 3 is 2.26 bits per heavy atom. The van der Waals surface area contributed by atoms with Crippen LogP contribution in [0.15, 0.2) is 12.5 Å². The minimum atomic E-state index is -0.948. The maximum Gasteiger partial charge on any atom is 0.328 e. The molecule has 10 heteroatoms. The van der Waals surface area contributed by atoms with E-state index in [4.69, 9.17) is 10.5 Å². The van der Waals surface area contributed by atoms with Gasteiger partial charge in [0, 0.05) is 24.6 Å². The third-order valence-electron chi connectivity index (χ3n) is 6.44. The van der Waals surface area contributed by atoms with Gasteiger partial charge in [-0.15, -0.1) is 0 Å². The van der Waals surface area contributed by atoms with E-state index in [9.17, 15) is 19.5 Å². The number of nitrogens with one attached hydrogen (secondary N) is 3. The summed E-state index contributed by atoms with van der Waals surface area (Å²) in [5.41, 5.74) is 6.73. The fourth-order valence-corrected chi connectivity index (χ4v) is 3.99. The standard InChI is InChI=1S/C25H45N5O5/c1-8-16(6)22(24(33)29-20(25(34)35-7)10-17-12-27-13-28-17)30-23(32)18(15(4)5)11-21(31)19(26)9-14(2)3/h12-16,18-22,31H,8-11,26H2,1-7H3,(H,27,28)(H,29,33)(H,30,32)/t16?,18?,19?,20-,21?,22-/m0/s1. The molecule has 6 N–H and O–H groups in total. The first kappa shape index (κ1) is 30.6. The molecular weight excluding hydrogens is 450 g/mol. The highest BCUT2D eigenvalue weighted by Crippen LogP contribution is 2.22. The Balaban J connectivity index is 2.99. The topological polar surface area (TPSA) is 159 Å². The second-order valence-corrected chi connectivity index (χ2v) is 10.2. The number of methoxy groups -OCH3 is 1. The highest BCUT2D eigenvalue weighted by molar-refractivity contribution is 5.91. The van der Waals surface area contributed by atoms with Crippen LogP contribution in [0.4, 0.5) is 0 Å². The van der Waals surface area contributed by atoms with Crippen LogP contribution in [0.1, 0.15) is 66.5 Å². The Bertz CT molecular complexity index is 783. The summed E-state index contributed by atoms with van der Waals surface area (Å²) in [7, 11) is 1.25. The molecule has 10 nitrogen and oxygen atoms in total. The van der Waals surface area contributed by atoms with Gasteiger partial charge >= 0.3 is 5.97 Å². The Labute approximate surface area is 209 Å². The average Bonchev–Trinajstić information content (AvgIpc) is 3.31. The number of esters is 1. The van der Waals surface area contributed by atoms with Crippen LogP contribution in [-0.2, 0) is 25.5 Å². The van der Waals surface area contributed by atoms with Crippen LogP contribution in [0.2, 0.25) is 0 Å². The predicted molar refractivity (Wildman–Crippen MR) is 134 cm³/mol. The third kappa shape index (κ3) is 9.97. The van der Waals surface area contributed by atoms with Crippen molar-refractivity contribution in [1.82, 2.24) is 20.6 Å². The van der Waals surface area contributed by atoms with Crippen molar-refractivity contribution in [3.05, 3.63) is 18.2 Å². The molecule has 0 aliphatic rings. The molecule has 0 bridgehead atoms. The SMILES string of the molecule is CCC(C)[C@H](NC(=O)C(CC(O)C(N)CC(C)C)C(C)C)C(=O)N[C@@H](Cc1c[nH]cn1)C(=O)OC. The van der Waals surface area contributed by atoms with Crippen molar-refractivity contribution in [2.24, 2.45) is 29.4 Å². The molecular formula is C25H45N5O5. The molecule has 0 saturated carbocycles. The number of aromatic amines is 1.